The standard InChI is InChI=1S/C17H21NO3/c1-12-6-4-5-7-14(12)10-13(2)18-11-15-8-9-16(21-15)17(19)20-3/h4-9,13,18H,10-11H2,1-3H3. The molecule has 21 heavy (non-hydrogen) atoms. The third kappa shape index (κ3) is 4.20. The van der Waals surface area contributed by atoms with Crippen LogP contribution in [-0.2, 0) is 17.7 Å². The van der Waals surface area contributed by atoms with Crippen molar-refractivity contribution >= 4 is 5.97 Å². The Morgan fingerprint density at radius 1 is 1.29 bits per heavy atom. The van der Waals surface area contributed by atoms with E-state index in [0.29, 0.717) is 12.6 Å². The van der Waals surface area contributed by atoms with Gasteiger partial charge in [-0.15, -0.1) is 0 Å². The van der Waals surface area contributed by atoms with Crippen LogP contribution >= 0.6 is 0 Å². The van der Waals surface area contributed by atoms with Crippen LogP contribution in [0.15, 0.2) is 40.8 Å². The molecule has 4 heteroatoms. The molecule has 112 valence electrons. The van der Waals surface area contributed by atoms with Crippen molar-refractivity contribution in [3.63, 3.8) is 0 Å². The van der Waals surface area contributed by atoms with E-state index in [-0.39, 0.29) is 5.76 Å². The lowest BCUT2D eigenvalue weighted by Gasteiger charge is -2.14. The fourth-order valence-corrected chi connectivity index (χ4v) is 2.20. The van der Waals surface area contributed by atoms with Gasteiger partial charge in [0.1, 0.15) is 5.76 Å². The van der Waals surface area contributed by atoms with E-state index in [1.54, 1.807) is 12.1 Å². The molecule has 0 aliphatic rings. The largest absolute Gasteiger partial charge is 0.463 e. The maximum absolute atomic E-state index is 11.3. The summed E-state index contributed by atoms with van der Waals surface area (Å²) in [6.45, 7) is 4.85. The Hall–Kier alpha value is -2.07. The number of benzene rings is 1. The van der Waals surface area contributed by atoms with Gasteiger partial charge in [0.05, 0.1) is 13.7 Å². The number of hydrogen-bond donors (Lipinski definition) is 1. The maximum Gasteiger partial charge on any atom is 0.373 e. The van der Waals surface area contributed by atoms with Crippen molar-refractivity contribution < 1.29 is 13.9 Å². The van der Waals surface area contributed by atoms with Gasteiger partial charge in [-0.1, -0.05) is 24.3 Å². The quantitative estimate of drug-likeness (QED) is 0.829. The van der Waals surface area contributed by atoms with Crippen LogP contribution in [0.5, 0.6) is 0 Å². The molecule has 0 aliphatic carbocycles. The zero-order valence-corrected chi connectivity index (χ0v) is 12.7. The summed E-state index contributed by atoms with van der Waals surface area (Å²) in [5.41, 5.74) is 2.64. The molecule has 0 fully saturated rings. The molecule has 1 aromatic carbocycles. The molecule has 0 spiro atoms. The van der Waals surface area contributed by atoms with Gasteiger partial charge in [-0.05, 0) is 43.5 Å². The Kier molecular flexibility index (Phi) is 5.17. The molecule has 4 nitrogen and oxygen atoms in total. The minimum atomic E-state index is -0.450. The van der Waals surface area contributed by atoms with Crippen LogP contribution in [0.2, 0.25) is 0 Å². The smallest absolute Gasteiger partial charge is 0.373 e. The molecular formula is C17H21NO3. The predicted octanol–water partition coefficient (Wildman–Crippen LogP) is 3.10. The average Bonchev–Trinajstić information content (AvgIpc) is 2.96. The summed E-state index contributed by atoms with van der Waals surface area (Å²) in [6, 6.07) is 12.1. The van der Waals surface area contributed by atoms with Gasteiger partial charge in [-0.2, -0.15) is 0 Å². The number of carbonyl (C=O) groups is 1. The first-order valence-electron chi connectivity index (χ1n) is 7.05. The Bertz CT molecular complexity index is 604. The second-order valence-electron chi connectivity index (χ2n) is 5.17. The van der Waals surface area contributed by atoms with Gasteiger partial charge in [0, 0.05) is 6.04 Å². The maximum atomic E-state index is 11.3. The molecule has 1 unspecified atom stereocenters. The van der Waals surface area contributed by atoms with Crippen molar-refractivity contribution in [1.82, 2.24) is 5.32 Å². The second-order valence-corrected chi connectivity index (χ2v) is 5.17. The number of rotatable bonds is 6. The zero-order valence-electron chi connectivity index (χ0n) is 12.7. The normalized spacial score (nSPS) is 12.1. The Labute approximate surface area is 125 Å². The second kappa shape index (κ2) is 7.09. The van der Waals surface area contributed by atoms with Crippen LogP contribution in [0.25, 0.3) is 0 Å². The molecule has 2 aromatic rings. The molecule has 2 rings (SSSR count). The zero-order chi connectivity index (χ0) is 15.2. The average molecular weight is 287 g/mol. The molecule has 1 aromatic heterocycles. The van der Waals surface area contributed by atoms with E-state index < -0.39 is 5.97 Å². The number of nitrogens with one attached hydrogen (secondary N) is 1. The Balaban J connectivity index is 1.86. The van der Waals surface area contributed by atoms with Crippen LogP contribution in [0.3, 0.4) is 0 Å². The van der Waals surface area contributed by atoms with Gasteiger partial charge in [0.15, 0.2) is 0 Å². The highest BCUT2D eigenvalue weighted by atomic mass is 16.5. The lowest BCUT2D eigenvalue weighted by molar-refractivity contribution is 0.0563. The highest BCUT2D eigenvalue weighted by molar-refractivity contribution is 5.86. The summed E-state index contributed by atoms with van der Waals surface area (Å²) >= 11 is 0. The molecule has 0 amide bonds. The van der Waals surface area contributed by atoms with Crippen molar-refractivity contribution in [2.24, 2.45) is 0 Å². The van der Waals surface area contributed by atoms with Crippen molar-refractivity contribution in [2.45, 2.75) is 32.9 Å². The number of aryl methyl sites for hydroxylation is 1. The van der Waals surface area contributed by atoms with Crippen molar-refractivity contribution in [3.8, 4) is 0 Å². The minimum Gasteiger partial charge on any atom is -0.463 e. The van der Waals surface area contributed by atoms with E-state index in [0.717, 1.165) is 12.2 Å². The first kappa shape index (κ1) is 15.3. The van der Waals surface area contributed by atoms with Crippen molar-refractivity contribution in [1.29, 1.82) is 0 Å². The van der Waals surface area contributed by atoms with Gasteiger partial charge in [0.25, 0.3) is 0 Å². The molecule has 0 saturated carbocycles. The summed E-state index contributed by atoms with van der Waals surface area (Å²) in [6.07, 6.45) is 0.956. The fourth-order valence-electron chi connectivity index (χ4n) is 2.20. The number of methoxy groups -OCH3 is 1. The summed E-state index contributed by atoms with van der Waals surface area (Å²) in [5, 5.41) is 3.40. The van der Waals surface area contributed by atoms with Crippen LogP contribution in [-0.4, -0.2) is 19.1 Å². The van der Waals surface area contributed by atoms with E-state index >= 15 is 0 Å². The van der Waals surface area contributed by atoms with Gasteiger partial charge in [0.2, 0.25) is 5.76 Å². The molecule has 0 saturated heterocycles. The highest BCUT2D eigenvalue weighted by Crippen LogP contribution is 2.12. The lowest BCUT2D eigenvalue weighted by Crippen LogP contribution is -2.27. The number of esters is 1. The fraction of sp³-hybridized carbons (Fsp3) is 0.353. The summed E-state index contributed by atoms with van der Waals surface area (Å²) in [4.78, 5) is 11.3. The van der Waals surface area contributed by atoms with Crippen molar-refractivity contribution in [2.75, 3.05) is 7.11 Å². The monoisotopic (exact) mass is 287 g/mol. The van der Waals surface area contributed by atoms with Gasteiger partial charge in [-0.25, -0.2) is 4.79 Å². The molecule has 1 N–H and O–H groups in total. The number of hydrogen-bond acceptors (Lipinski definition) is 4. The number of ether oxygens (including phenoxy) is 1. The van der Waals surface area contributed by atoms with Crippen LogP contribution in [0.4, 0.5) is 0 Å². The predicted molar refractivity (Wildman–Crippen MR) is 81.2 cm³/mol. The van der Waals surface area contributed by atoms with E-state index in [1.165, 1.54) is 18.2 Å². The first-order valence-corrected chi connectivity index (χ1v) is 7.05. The van der Waals surface area contributed by atoms with E-state index in [2.05, 4.69) is 42.1 Å². The number of furan rings is 1. The summed E-state index contributed by atoms with van der Waals surface area (Å²) in [5.74, 6) is 0.516. The minimum absolute atomic E-state index is 0.237. The van der Waals surface area contributed by atoms with Crippen LogP contribution in [0.1, 0.15) is 34.4 Å². The van der Waals surface area contributed by atoms with Crippen LogP contribution in [0, 0.1) is 6.92 Å². The third-order valence-electron chi connectivity index (χ3n) is 3.46. The molecular weight excluding hydrogens is 266 g/mol. The van der Waals surface area contributed by atoms with Gasteiger partial charge in [-0.3, -0.25) is 0 Å². The van der Waals surface area contributed by atoms with E-state index in [1.807, 2.05) is 6.07 Å². The van der Waals surface area contributed by atoms with Gasteiger partial charge < -0.3 is 14.5 Å². The Morgan fingerprint density at radius 2 is 2.05 bits per heavy atom. The molecule has 1 atom stereocenters. The molecule has 0 bridgehead atoms. The first-order chi connectivity index (χ1) is 10.1. The molecule has 1 heterocycles. The highest BCUT2D eigenvalue weighted by Gasteiger charge is 2.12. The SMILES string of the molecule is COC(=O)c1ccc(CNC(C)Cc2ccccc2C)o1. The summed E-state index contributed by atoms with van der Waals surface area (Å²) in [7, 11) is 1.34. The third-order valence-corrected chi connectivity index (χ3v) is 3.46. The van der Waals surface area contributed by atoms with Gasteiger partial charge >= 0.3 is 5.97 Å². The topological polar surface area (TPSA) is 51.5 Å². The summed E-state index contributed by atoms with van der Waals surface area (Å²) < 4.78 is 10.0. The van der Waals surface area contributed by atoms with Crippen LogP contribution < -0.4 is 5.32 Å². The number of carbonyl (C=O) groups excluding carboxylic acids is 1. The lowest BCUT2D eigenvalue weighted by atomic mass is 10.0. The van der Waals surface area contributed by atoms with E-state index in [4.69, 9.17) is 4.42 Å². The molecule has 0 aliphatic heterocycles. The molecule has 0 radical (unpaired) electrons. The van der Waals surface area contributed by atoms with E-state index in [9.17, 15) is 4.79 Å². The van der Waals surface area contributed by atoms with Crippen molar-refractivity contribution in [3.05, 3.63) is 59.0 Å². The Morgan fingerprint density at radius 3 is 2.76 bits per heavy atom.